The first kappa shape index (κ1) is 25.6. The van der Waals surface area contributed by atoms with Crippen LogP contribution in [0.15, 0.2) is 72.9 Å². The first-order valence-corrected chi connectivity index (χ1v) is 15.2. The largest absolute Gasteiger partial charge is 0.348 e. The third-order valence-electron chi connectivity index (χ3n) is 10.4. The smallest absolute Gasteiger partial charge is 0.241 e. The number of anilines is 1. The van der Waals surface area contributed by atoms with E-state index >= 15 is 0 Å². The first-order chi connectivity index (χ1) is 20.4. The fraction of sp³-hybridized carbons (Fsp3) is 0.371. The van der Waals surface area contributed by atoms with E-state index in [1.54, 1.807) is 6.20 Å². The van der Waals surface area contributed by atoms with Gasteiger partial charge >= 0.3 is 0 Å². The molecule has 212 valence electrons. The molecule has 4 aromatic rings. The normalized spacial score (nSPS) is 26.0. The number of pyridine rings is 2. The van der Waals surface area contributed by atoms with E-state index in [4.69, 9.17) is 4.98 Å². The fourth-order valence-corrected chi connectivity index (χ4v) is 8.07. The van der Waals surface area contributed by atoms with Crippen LogP contribution < -0.4 is 10.6 Å². The van der Waals surface area contributed by atoms with E-state index < -0.39 is 11.0 Å². The number of carbonyl (C=O) groups excluding carboxylic acids is 2. The van der Waals surface area contributed by atoms with Crippen molar-refractivity contribution in [3.63, 3.8) is 0 Å². The van der Waals surface area contributed by atoms with Gasteiger partial charge in [-0.2, -0.15) is 0 Å². The monoisotopic (exact) mass is 557 g/mol. The Balaban J connectivity index is 1.12. The summed E-state index contributed by atoms with van der Waals surface area (Å²) in [6.45, 7) is 3.53. The molecule has 42 heavy (non-hydrogen) atoms. The summed E-state index contributed by atoms with van der Waals surface area (Å²) >= 11 is 0. The molecule has 2 aromatic carbocycles. The van der Waals surface area contributed by atoms with E-state index in [9.17, 15) is 9.59 Å². The maximum atomic E-state index is 13.8. The number of benzene rings is 2. The number of aromatic nitrogens is 2. The third-order valence-corrected chi connectivity index (χ3v) is 10.4. The van der Waals surface area contributed by atoms with E-state index in [1.807, 2.05) is 30.3 Å². The van der Waals surface area contributed by atoms with Gasteiger partial charge in [0, 0.05) is 30.2 Å². The quantitative estimate of drug-likeness (QED) is 0.374. The van der Waals surface area contributed by atoms with Crippen molar-refractivity contribution in [1.29, 1.82) is 0 Å². The molecule has 2 spiro atoms. The number of amides is 2. The Morgan fingerprint density at radius 3 is 2.50 bits per heavy atom. The van der Waals surface area contributed by atoms with E-state index in [0.717, 1.165) is 60.0 Å². The molecule has 1 saturated carbocycles. The number of nitrogens with zero attached hydrogens (tertiary/aromatic N) is 3. The van der Waals surface area contributed by atoms with Crippen LogP contribution in [0.1, 0.15) is 60.6 Å². The minimum Gasteiger partial charge on any atom is -0.348 e. The summed E-state index contributed by atoms with van der Waals surface area (Å²) in [7, 11) is 0. The summed E-state index contributed by atoms with van der Waals surface area (Å²) in [6.07, 6.45) is 8.07. The predicted octanol–water partition coefficient (Wildman–Crippen LogP) is 4.86. The lowest BCUT2D eigenvalue weighted by Gasteiger charge is -2.51. The molecule has 2 aromatic heterocycles. The molecule has 0 radical (unpaired) electrons. The van der Waals surface area contributed by atoms with Crippen LogP contribution in [0.4, 0.5) is 5.82 Å². The van der Waals surface area contributed by atoms with Crippen LogP contribution in [-0.2, 0) is 40.8 Å². The standard InChI is InChI=1S/C35H35N5O2/c1-33(18-23-8-3-2-4-9-23)31(41)39-34(13-5-6-14-34)22-40(33)21-27-12-11-24-16-25-19-35(20-26(25)17-29(24)37-27)28-10-7-15-36-30(28)38-32(35)42/h2-4,7-12,15-17H,5-6,13-14,18-22H2,1H3,(H,39,41)(H,36,38,42)/t33?,35-/m0/s1. The third kappa shape index (κ3) is 3.90. The highest BCUT2D eigenvalue weighted by Gasteiger charge is 2.52. The van der Waals surface area contributed by atoms with Gasteiger partial charge < -0.3 is 10.6 Å². The van der Waals surface area contributed by atoms with Crippen LogP contribution in [0.2, 0.25) is 0 Å². The lowest BCUT2D eigenvalue weighted by Crippen LogP contribution is -2.71. The Hall–Kier alpha value is -4.10. The Bertz CT molecular complexity index is 1750. The molecule has 1 saturated heterocycles. The number of fused-ring (bicyclic) bond motifs is 4. The van der Waals surface area contributed by atoms with Gasteiger partial charge in [-0.05, 0) is 80.0 Å². The molecule has 1 unspecified atom stereocenters. The van der Waals surface area contributed by atoms with Gasteiger partial charge in [-0.3, -0.25) is 19.5 Å². The summed E-state index contributed by atoms with van der Waals surface area (Å²) < 4.78 is 0. The molecule has 7 heteroatoms. The van der Waals surface area contributed by atoms with Crippen LogP contribution in [-0.4, -0.2) is 44.3 Å². The zero-order valence-electron chi connectivity index (χ0n) is 24.0. The second kappa shape index (κ2) is 9.20. The fourth-order valence-electron chi connectivity index (χ4n) is 8.07. The van der Waals surface area contributed by atoms with Crippen LogP contribution in [0.3, 0.4) is 0 Å². The average Bonchev–Trinajstić information content (AvgIpc) is 3.67. The van der Waals surface area contributed by atoms with E-state index in [1.165, 1.54) is 11.1 Å². The first-order valence-electron chi connectivity index (χ1n) is 15.2. The van der Waals surface area contributed by atoms with Crippen molar-refractivity contribution in [3.8, 4) is 0 Å². The van der Waals surface area contributed by atoms with Gasteiger partial charge in [0.2, 0.25) is 11.8 Å². The highest BCUT2D eigenvalue weighted by atomic mass is 16.2. The molecule has 2 atom stereocenters. The molecule has 2 amide bonds. The molecule has 0 bridgehead atoms. The Kier molecular flexibility index (Phi) is 5.61. The minimum atomic E-state index is -0.673. The summed E-state index contributed by atoms with van der Waals surface area (Å²) in [6, 6.07) is 22.9. The SMILES string of the molecule is CC1(Cc2ccccc2)C(=O)NC2(CCCC2)CN1Cc1ccc2cc3c(cc2n1)C[C@]1(C3)C(=O)Nc2ncccc21. The molecule has 8 rings (SSSR count). The number of carbonyl (C=O) groups is 2. The maximum absolute atomic E-state index is 13.8. The van der Waals surface area contributed by atoms with Crippen molar-refractivity contribution >= 4 is 28.5 Å². The highest BCUT2D eigenvalue weighted by molar-refractivity contribution is 6.06. The van der Waals surface area contributed by atoms with E-state index in [2.05, 4.69) is 63.8 Å². The lowest BCUT2D eigenvalue weighted by molar-refractivity contribution is -0.142. The molecule has 2 fully saturated rings. The van der Waals surface area contributed by atoms with Crippen molar-refractivity contribution in [1.82, 2.24) is 20.2 Å². The van der Waals surface area contributed by atoms with Crippen LogP contribution in [0, 0.1) is 0 Å². The molecule has 4 heterocycles. The van der Waals surface area contributed by atoms with E-state index in [0.29, 0.717) is 31.6 Å². The molecule has 2 aliphatic carbocycles. The van der Waals surface area contributed by atoms with Crippen LogP contribution in [0.5, 0.6) is 0 Å². The Labute approximate surface area is 245 Å². The van der Waals surface area contributed by atoms with Gasteiger partial charge in [-0.25, -0.2) is 4.98 Å². The number of hydrogen-bond donors (Lipinski definition) is 2. The van der Waals surface area contributed by atoms with Crippen molar-refractivity contribution in [2.75, 3.05) is 11.9 Å². The number of nitrogens with one attached hydrogen (secondary N) is 2. The zero-order valence-corrected chi connectivity index (χ0v) is 24.0. The van der Waals surface area contributed by atoms with Crippen molar-refractivity contribution < 1.29 is 9.59 Å². The van der Waals surface area contributed by atoms with Crippen molar-refractivity contribution in [2.24, 2.45) is 0 Å². The van der Waals surface area contributed by atoms with Gasteiger partial charge in [0.25, 0.3) is 0 Å². The molecular weight excluding hydrogens is 522 g/mol. The second-order valence-electron chi connectivity index (χ2n) is 13.1. The molecule has 2 N–H and O–H groups in total. The van der Waals surface area contributed by atoms with Gasteiger partial charge in [-0.1, -0.05) is 55.3 Å². The summed E-state index contributed by atoms with van der Waals surface area (Å²) in [5.41, 5.74) is 5.02. The molecule has 2 aliphatic heterocycles. The van der Waals surface area contributed by atoms with Gasteiger partial charge in [0.15, 0.2) is 0 Å². The maximum Gasteiger partial charge on any atom is 0.241 e. The lowest BCUT2D eigenvalue weighted by atomic mass is 9.79. The van der Waals surface area contributed by atoms with Crippen molar-refractivity contribution in [2.45, 2.75) is 74.9 Å². The topological polar surface area (TPSA) is 87.2 Å². The summed E-state index contributed by atoms with van der Waals surface area (Å²) in [4.78, 5) is 39.0. The zero-order chi connectivity index (χ0) is 28.5. The van der Waals surface area contributed by atoms with Gasteiger partial charge in [0.1, 0.15) is 11.4 Å². The molecule has 7 nitrogen and oxygen atoms in total. The van der Waals surface area contributed by atoms with E-state index in [-0.39, 0.29) is 17.4 Å². The van der Waals surface area contributed by atoms with Gasteiger partial charge in [-0.15, -0.1) is 0 Å². The Morgan fingerprint density at radius 2 is 1.69 bits per heavy atom. The number of piperazine rings is 1. The summed E-state index contributed by atoms with van der Waals surface area (Å²) in [5.74, 6) is 0.837. The molecular formula is C35H35N5O2. The van der Waals surface area contributed by atoms with Crippen LogP contribution in [0.25, 0.3) is 10.9 Å². The highest BCUT2D eigenvalue weighted by Crippen LogP contribution is 2.47. The van der Waals surface area contributed by atoms with Gasteiger partial charge in [0.05, 0.1) is 22.2 Å². The predicted molar refractivity (Wildman–Crippen MR) is 162 cm³/mol. The average molecular weight is 558 g/mol. The number of rotatable bonds is 4. The Morgan fingerprint density at radius 1 is 0.905 bits per heavy atom. The van der Waals surface area contributed by atoms with Crippen LogP contribution >= 0.6 is 0 Å². The summed E-state index contributed by atoms with van der Waals surface area (Å²) in [5, 5.41) is 7.56. The molecule has 4 aliphatic rings. The van der Waals surface area contributed by atoms with Crippen molar-refractivity contribution in [3.05, 3.63) is 101 Å². The number of hydrogen-bond acceptors (Lipinski definition) is 5. The second-order valence-corrected chi connectivity index (χ2v) is 13.1. The minimum absolute atomic E-state index is 0.0343.